The number of hydrogen-bond acceptors (Lipinski definition) is 4. The predicted octanol–water partition coefficient (Wildman–Crippen LogP) is 3.82. The molecule has 5 heteroatoms. The first-order chi connectivity index (χ1) is 12.4. The van der Waals surface area contributed by atoms with Crippen molar-refractivity contribution in [2.24, 2.45) is 0 Å². The lowest BCUT2D eigenvalue weighted by molar-refractivity contribution is 0.220. The second-order valence-corrected chi connectivity index (χ2v) is 9.61. The Morgan fingerprint density at radius 2 is 1.77 bits per heavy atom. The summed E-state index contributed by atoms with van der Waals surface area (Å²) in [4.78, 5) is 3.16. The van der Waals surface area contributed by atoms with Crippen molar-refractivity contribution < 1.29 is 8.95 Å². The molecule has 0 aliphatic carbocycles. The van der Waals surface area contributed by atoms with Gasteiger partial charge in [0.05, 0.1) is 16.3 Å². The largest absolute Gasteiger partial charge is 0.493 e. The van der Waals surface area contributed by atoms with Crippen molar-refractivity contribution in [1.29, 1.82) is 4.78 Å². The van der Waals surface area contributed by atoms with E-state index in [4.69, 9.17) is 9.52 Å². The van der Waals surface area contributed by atoms with Crippen LogP contribution < -0.4 is 4.74 Å². The van der Waals surface area contributed by atoms with E-state index in [0.29, 0.717) is 10.9 Å². The van der Waals surface area contributed by atoms with E-state index in [0.717, 1.165) is 44.7 Å². The third-order valence-electron chi connectivity index (χ3n) is 5.71. The molecule has 2 atom stereocenters. The van der Waals surface area contributed by atoms with Gasteiger partial charge in [-0.05, 0) is 60.2 Å². The maximum Gasteiger partial charge on any atom is 0.122 e. The average molecular weight is 371 g/mol. The zero-order valence-corrected chi connectivity index (χ0v) is 16.3. The number of nitrogens with one attached hydrogen (secondary N) is 1. The van der Waals surface area contributed by atoms with Crippen molar-refractivity contribution in [1.82, 2.24) is 4.90 Å². The number of ether oxygens (including phenoxy) is 1. The molecule has 0 fully saturated rings. The number of hydrogen-bond donors (Lipinski definition) is 1. The van der Waals surface area contributed by atoms with Gasteiger partial charge in [-0.15, -0.1) is 0 Å². The summed E-state index contributed by atoms with van der Waals surface area (Å²) in [5.74, 6) is 1.05. The van der Waals surface area contributed by atoms with Crippen molar-refractivity contribution in [3.8, 4) is 5.75 Å². The van der Waals surface area contributed by atoms with Gasteiger partial charge in [-0.25, -0.2) is 8.99 Å². The highest BCUT2D eigenvalue weighted by molar-refractivity contribution is 7.91. The molecule has 4 nitrogen and oxygen atoms in total. The van der Waals surface area contributed by atoms with Crippen LogP contribution in [0.1, 0.15) is 35.2 Å². The number of rotatable bonds is 3. The van der Waals surface area contributed by atoms with Gasteiger partial charge in [0.25, 0.3) is 0 Å². The van der Waals surface area contributed by atoms with Crippen LogP contribution in [0.25, 0.3) is 0 Å². The van der Waals surface area contributed by atoms with E-state index in [1.807, 2.05) is 12.1 Å². The first kappa shape index (κ1) is 17.6. The monoisotopic (exact) mass is 370 g/mol. The molecule has 0 aromatic heterocycles. The Bertz CT molecular complexity index is 937. The summed E-state index contributed by atoms with van der Waals surface area (Å²) >= 11 is 0. The topological polar surface area (TPSA) is 53.4 Å². The number of benzene rings is 2. The first-order valence-electron chi connectivity index (χ1n) is 9.27. The quantitative estimate of drug-likeness (QED) is 0.894. The third kappa shape index (κ3) is 3.38. The second-order valence-electron chi connectivity index (χ2n) is 7.45. The number of nitrogens with zero attached hydrogens (tertiary/aromatic N) is 1. The Hall–Kier alpha value is -1.85. The Morgan fingerprint density at radius 3 is 2.54 bits per heavy atom. The summed E-state index contributed by atoms with van der Waals surface area (Å²) in [5.41, 5.74) is 5.19. The van der Waals surface area contributed by atoms with E-state index >= 15 is 0 Å². The lowest BCUT2D eigenvalue weighted by Crippen LogP contribution is -2.29. The SMILES string of the molecule is C[C@@H](c1ccc2c(c1)OCC2)N1CCc2ccc([S@@](C)(=N)=O)cc2CC1. The lowest BCUT2D eigenvalue weighted by atomic mass is 10.0. The van der Waals surface area contributed by atoms with Crippen LogP contribution in [-0.4, -0.2) is 35.1 Å². The standard InChI is InChI=1S/C21H26N2O2S/c1-15(18-4-3-17-9-12-25-21(17)14-18)23-10-7-16-5-6-20(26(2,22)24)13-19(16)8-11-23/h3-6,13-15,22H,7-12H2,1-2H3/t15-,26-/m0/s1. The van der Waals surface area contributed by atoms with Crippen molar-refractivity contribution in [3.63, 3.8) is 0 Å². The lowest BCUT2D eigenvalue weighted by Gasteiger charge is -2.28. The average Bonchev–Trinajstić information content (AvgIpc) is 2.98. The van der Waals surface area contributed by atoms with Crippen LogP contribution in [0.2, 0.25) is 0 Å². The summed E-state index contributed by atoms with van der Waals surface area (Å²) in [6, 6.07) is 12.9. The molecule has 2 heterocycles. The van der Waals surface area contributed by atoms with Gasteiger partial charge in [0.15, 0.2) is 0 Å². The van der Waals surface area contributed by atoms with Gasteiger partial charge >= 0.3 is 0 Å². The molecule has 2 aliphatic rings. The molecule has 4 rings (SSSR count). The van der Waals surface area contributed by atoms with Crippen LogP contribution in [0.3, 0.4) is 0 Å². The fraction of sp³-hybridized carbons (Fsp3) is 0.429. The van der Waals surface area contributed by atoms with Crippen molar-refractivity contribution in [3.05, 3.63) is 58.7 Å². The minimum Gasteiger partial charge on any atom is -0.493 e. The molecule has 0 radical (unpaired) electrons. The normalized spacial score (nSPS) is 20.4. The first-order valence-corrected chi connectivity index (χ1v) is 11.2. The Balaban J connectivity index is 1.53. The summed E-state index contributed by atoms with van der Waals surface area (Å²) in [6.45, 7) is 5.04. The molecule has 0 bridgehead atoms. The fourth-order valence-electron chi connectivity index (χ4n) is 4.00. The summed E-state index contributed by atoms with van der Waals surface area (Å²) < 4.78 is 25.6. The zero-order chi connectivity index (χ0) is 18.3. The Kier molecular flexibility index (Phi) is 4.53. The number of fused-ring (bicyclic) bond motifs is 2. The predicted molar refractivity (Wildman–Crippen MR) is 105 cm³/mol. The van der Waals surface area contributed by atoms with E-state index < -0.39 is 9.73 Å². The third-order valence-corrected chi connectivity index (χ3v) is 6.87. The van der Waals surface area contributed by atoms with Gasteiger partial charge in [0, 0.05) is 36.7 Å². The van der Waals surface area contributed by atoms with Gasteiger partial charge in [-0.2, -0.15) is 0 Å². The maximum absolute atomic E-state index is 12.1. The molecule has 0 unspecified atom stereocenters. The smallest absolute Gasteiger partial charge is 0.122 e. The van der Waals surface area contributed by atoms with Crippen molar-refractivity contribution in [2.75, 3.05) is 26.0 Å². The molecule has 2 aromatic carbocycles. The maximum atomic E-state index is 12.1. The highest BCUT2D eigenvalue weighted by atomic mass is 32.2. The van der Waals surface area contributed by atoms with Crippen LogP contribution in [0.5, 0.6) is 5.75 Å². The Morgan fingerprint density at radius 1 is 1.04 bits per heavy atom. The summed E-state index contributed by atoms with van der Waals surface area (Å²) in [6.07, 6.45) is 4.44. The van der Waals surface area contributed by atoms with Gasteiger partial charge < -0.3 is 4.74 Å². The van der Waals surface area contributed by atoms with E-state index in [1.54, 1.807) is 0 Å². The molecule has 0 saturated carbocycles. The highest BCUT2D eigenvalue weighted by Gasteiger charge is 2.22. The minimum absolute atomic E-state index is 0.338. The van der Waals surface area contributed by atoms with Gasteiger partial charge in [0.1, 0.15) is 5.75 Å². The molecule has 1 N–H and O–H groups in total. The summed E-state index contributed by atoms with van der Waals surface area (Å²) in [7, 11) is -2.65. The summed E-state index contributed by atoms with van der Waals surface area (Å²) in [5, 5.41) is 0. The Labute approximate surface area is 156 Å². The van der Waals surface area contributed by atoms with Crippen LogP contribution in [0.4, 0.5) is 0 Å². The van der Waals surface area contributed by atoms with E-state index in [-0.39, 0.29) is 0 Å². The van der Waals surface area contributed by atoms with Gasteiger partial charge in [0.2, 0.25) is 0 Å². The highest BCUT2D eigenvalue weighted by Crippen LogP contribution is 2.31. The molecule has 138 valence electrons. The van der Waals surface area contributed by atoms with Crippen molar-refractivity contribution in [2.45, 2.75) is 37.1 Å². The van der Waals surface area contributed by atoms with E-state index in [2.05, 4.69) is 36.1 Å². The van der Waals surface area contributed by atoms with Gasteiger partial charge in [-0.1, -0.05) is 18.2 Å². The van der Waals surface area contributed by atoms with Crippen LogP contribution in [0.15, 0.2) is 41.3 Å². The van der Waals surface area contributed by atoms with Crippen LogP contribution in [-0.2, 0) is 29.0 Å². The molecule has 0 spiro atoms. The van der Waals surface area contributed by atoms with Crippen LogP contribution in [0, 0.1) is 4.78 Å². The van der Waals surface area contributed by atoms with Gasteiger partial charge in [-0.3, -0.25) is 4.90 Å². The van der Waals surface area contributed by atoms with Crippen molar-refractivity contribution >= 4 is 9.73 Å². The fourth-order valence-corrected chi connectivity index (χ4v) is 4.70. The molecular formula is C21H26N2O2S. The molecule has 26 heavy (non-hydrogen) atoms. The molecule has 2 aliphatic heterocycles. The minimum atomic E-state index is -2.65. The molecule has 0 amide bonds. The zero-order valence-electron chi connectivity index (χ0n) is 15.5. The molecule has 0 saturated heterocycles. The van der Waals surface area contributed by atoms with Crippen LogP contribution >= 0.6 is 0 Å². The molecular weight excluding hydrogens is 344 g/mol. The van der Waals surface area contributed by atoms with E-state index in [1.165, 1.54) is 28.5 Å². The van der Waals surface area contributed by atoms with E-state index in [9.17, 15) is 4.21 Å². The second kappa shape index (κ2) is 6.71. The molecule has 2 aromatic rings.